The van der Waals surface area contributed by atoms with Crippen molar-refractivity contribution < 1.29 is 7.17 Å². The molecule has 0 fully saturated rings. The first-order valence-corrected chi connectivity index (χ1v) is 16.8. The summed E-state index contributed by atoms with van der Waals surface area (Å²) in [5.41, 5.74) is 2.10. The fraction of sp³-hybridized carbons (Fsp3) is 0. The third kappa shape index (κ3) is 4.92. The first kappa shape index (κ1) is 22.6. The van der Waals surface area contributed by atoms with Crippen LogP contribution in [-0.2, 0) is 7.17 Å². The van der Waals surface area contributed by atoms with Gasteiger partial charge in [-0.05, 0) is 0 Å². The zero-order valence-electron chi connectivity index (χ0n) is 17.7. The summed E-state index contributed by atoms with van der Waals surface area (Å²) in [4.78, 5) is 0. The second-order valence-corrected chi connectivity index (χ2v) is 17.7. The van der Waals surface area contributed by atoms with Gasteiger partial charge in [-0.1, -0.05) is 0 Å². The van der Waals surface area contributed by atoms with Gasteiger partial charge in [0, 0.05) is 0 Å². The standard InChI is InChI=1S/C12H11O2P.2C8H7.Bi/c13-15(14,11-7-3-1-4-8-11)12-9-5-2-6-10-12;2*1-2-8-6-4-3-5-7-8;/h1-10H,(H,13,14);2*2,4-7H,1H2;/q;;;+1/p-1. The topological polar surface area (TPSA) is 26.3 Å². The van der Waals surface area contributed by atoms with Gasteiger partial charge >= 0.3 is 200 Å². The van der Waals surface area contributed by atoms with Crippen molar-refractivity contribution in [1.82, 2.24) is 0 Å². The summed E-state index contributed by atoms with van der Waals surface area (Å²) in [5.74, 6) is 0. The van der Waals surface area contributed by atoms with Crippen LogP contribution in [0.5, 0.6) is 0 Å². The van der Waals surface area contributed by atoms with Gasteiger partial charge in [0.1, 0.15) is 0 Å². The SMILES string of the molecule is C=Cc1cc[c]([Bi]([O]P(=O)(c2ccccc2)c2ccccc2)[c]2ccc(C=C)cc2)cc1. The average Bonchev–Trinajstić information content (AvgIpc) is 2.88. The van der Waals surface area contributed by atoms with Gasteiger partial charge in [0.05, 0.1) is 0 Å². The zero-order chi connectivity index (χ0) is 22.4. The summed E-state index contributed by atoms with van der Waals surface area (Å²) in [6, 6.07) is 35.7. The third-order valence-corrected chi connectivity index (χ3v) is 18.0. The van der Waals surface area contributed by atoms with Gasteiger partial charge in [0.25, 0.3) is 0 Å². The van der Waals surface area contributed by atoms with Gasteiger partial charge in [0.2, 0.25) is 0 Å². The van der Waals surface area contributed by atoms with Crippen molar-refractivity contribution in [3.63, 3.8) is 0 Å². The van der Waals surface area contributed by atoms with Crippen LogP contribution in [0.15, 0.2) is 122 Å². The molecule has 0 bridgehead atoms. The van der Waals surface area contributed by atoms with Crippen molar-refractivity contribution in [2.75, 3.05) is 0 Å². The molecule has 0 spiro atoms. The van der Waals surface area contributed by atoms with Crippen molar-refractivity contribution in [2.45, 2.75) is 0 Å². The van der Waals surface area contributed by atoms with Gasteiger partial charge in [-0.15, -0.1) is 0 Å². The van der Waals surface area contributed by atoms with E-state index in [4.69, 9.17) is 2.60 Å². The first-order chi connectivity index (χ1) is 15.6. The molecule has 4 aromatic carbocycles. The molecule has 158 valence electrons. The molecule has 4 rings (SSSR count). The van der Waals surface area contributed by atoms with Crippen molar-refractivity contribution in [1.29, 1.82) is 0 Å². The van der Waals surface area contributed by atoms with Crippen LogP contribution in [0.25, 0.3) is 12.2 Å². The first-order valence-electron chi connectivity index (χ1n) is 10.3. The Kier molecular flexibility index (Phi) is 7.33. The summed E-state index contributed by atoms with van der Waals surface area (Å²) >= 11 is -3.15. The molecule has 2 nitrogen and oxygen atoms in total. The molecule has 4 aromatic rings. The molecular weight excluding hydrogens is 608 g/mol. The van der Waals surface area contributed by atoms with Gasteiger partial charge in [0.15, 0.2) is 0 Å². The Bertz CT molecular complexity index is 1140. The molecule has 0 atom stereocenters. The van der Waals surface area contributed by atoms with E-state index in [1.165, 1.54) is 0 Å². The van der Waals surface area contributed by atoms with Crippen molar-refractivity contribution in [3.8, 4) is 0 Å². The Morgan fingerprint density at radius 2 is 0.969 bits per heavy atom. The van der Waals surface area contributed by atoms with Crippen LogP contribution in [0, 0.1) is 0 Å². The number of benzene rings is 4. The second-order valence-electron chi connectivity index (χ2n) is 7.19. The van der Waals surface area contributed by atoms with E-state index >= 15 is 0 Å². The molecule has 0 saturated heterocycles. The fourth-order valence-electron chi connectivity index (χ4n) is 3.34. The summed E-state index contributed by atoms with van der Waals surface area (Å²) in [5, 5.41) is 1.44. The molecule has 0 N–H and O–H groups in total. The zero-order valence-corrected chi connectivity index (χ0v) is 22.0. The van der Waals surface area contributed by atoms with Gasteiger partial charge in [-0.25, -0.2) is 0 Å². The predicted octanol–water partition coefficient (Wildman–Crippen LogP) is 5.02. The summed E-state index contributed by atoms with van der Waals surface area (Å²) in [6.45, 7) is 7.71. The fourth-order valence-corrected chi connectivity index (χ4v) is 16.9. The van der Waals surface area contributed by atoms with Crippen LogP contribution in [0.4, 0.5) is 0 Å². The predicted molar refractivity (Wildman–Crippen MR) is 139 cm³/mol. The minimum atomic E-state index is -3.30. The van der Waals surface area contributed by atoms with E-state index in [0.717, 1.165) is 28.3 Å². The molecule has 0 radical (unpaired) electrons. The molecule has 0 aliphatic rings. The second kappa shape index (κ2) is 10.4. The minimum absolute atomic E-state index is 0.719. The van der Waals surface area contributed by atoms with Crippen LogP contribution in [0.3, 0.4) is 0 Å². The summed E-state index contributed by atoms with van der Waals surface area (Å²) < 4.78 is 23.7. The van der Waals surface area contributed by atoms with Crippen molar-refractivity contribution in [2.24, 2.45) is 0 Å². The van der Waals surface area contributed by atoms with E-state index in [-0.39, 0.29) is 0 Å². The van der Waals surface area contributed by atoms with Crippen LogP contribution >= 0.6 is 7.37 Å². The Hall–Kier alpha value is -2.57. The van der Waals surface area contributed by atoms with E-state index in [1.54, 1.807) is 0 Å². The molecule has 0 heterocycles. The number of hydrogen-bond acceptors (Lipinski definition) is 2. The molecule has 0 aliphatic heterocycles. The van der Waals surface area contributed by atoms with Gasteiger partial charge in [-0.2, -0.15) is 0 Å². The molecule has 0 aromatic heterocycles. The van der Waals surface area contributed by atoms with Gasteiger partial charge in [-0.3, -0.25) is 0 Å². The van der Waals surface area contributed by atoms with Crippen LogP contribution in [0.2, 0.25) is 0 Å². The Morgan fingerprint density at radius 1 is 0.594 bits per heavy atom. The average molecular weight is 632 g/mol. The number of rotatable bonds is 8. The van der Waals surface area contributed by atoms with E-state index in [9.17, 15) is 4.57 Å². The Balaban J connectivity index is 1.85. The van der Waals surface area contributed by atoms with Crippen LogP contribution < -0.4 is 17.2 Å². The molecule has 0 saturated carbocycles. The van der Waals surface area contributed by atoms with Crippen molar-refractivity contribution >= 4 is 58.9 Å². The third-order valence-electron chi connectivity index (χ3n) is 5.12. The summed E-state index contributed by atoms with van der Waals surface area (Å²) in [6.07, 6.45) is 3.65. The maximum absolute atomic E-state index is 14.6. The Morgan fingerprint density at radius 3 is 1.31 bits per heavy atom. The van der Waals surface area contributed by atoms with E-state index in [0.29, 0.717) is 0 Å². The quantitative estimate of drug-likeness (QED) is 0.202. The molecule has 4 heteroatoms. The number of hydrogen-bond donors (Lipinski definition) is 0. The molecular formula is C28H24BiO2P. The Labute approximate surface area is 198 Å². The van der Waals surface area contributed by atoms with E-state index in [2.05, 4.69) is 37.4 Å². The van der Waals surface area contributed by atoms with E-state index < -0.39 is 29.6 Å². The normalized spacial score (nSPS) is 11.3. The monoisotopic (exact) mass is 632 g/mol. The maximum atomic E-state index is 14.6. The summed E-state index contributed by atoms with van der Waals surface area (Å²) in [7, 11) is -3.30. The van der Waals surface area contributed by atoms with Crippen LogP contribution in [0.1, 0.15) is 11.1 Å². The van der Waals surface area contributed by atoms with Crippen LogP contribution in [-0.4, -0.2) is 22.2 Å². The van der Waals surface area contributed by atoms with Crippen molar-refractivity contribution in [3.05, 3.63) is 133 Å². The molecule has 0 aliphatic carbocycles. The molecule has 32 heavy (non-hydrogen) atoms. The van der Waals surface area contributed by atoms with E-state index in [1.807, 2.05) is 97.1 Å². The molecule has 0 unspecified atom stereocenters. The van der Waals surface area contributed by atoms with Gasteiger partial charge < -0.3 is 0 Å². The molecule has 0 amide bonds.